The minimum Gasteiger partial charge on any atom is -0.271 e. The van der Waals surface area contributed by atoms with Crippen LogP contribution in [0.15, 0.2) is 36.7 Å². The molecule has 1 unspecified atom stereocenters. The average Bonchev–Trinajstić information content (AvgIpc) is 2.40. The molecule has 0 fully saturated rings. The maximum atomic E-state index is 13.3. The van der Waals surface area contributed by atoms with Crippen LogP contribution in [-0.4, -0.2) is 4.98 Å². The standard InChI is InChI=1S/C13H10F5N3/c14-9-3-8(5-20-6-9)12(21-19)7-1-2-11(15)10(4-7)13(16,17)18/h1-6,12,21H,19H2. The molecule has 1 aromatic heterocycles. The Morgan fingerprint density at radius 2 is 1.76 bits per heavy atom. The Balaban J connectivity index is 2.49. The van der Waals surface area contributed by atoms with Crippen molar-refractivity contribution < 1.29 is 22.0 Å². The van der Waals surface area contributed by atoms with Gasteiger partial charge in [0.15, 0.2) is 0 Å². The molecule has 3 N–H and O–H groups in total. The highest BCUT2D eigenvalue weighted by molar-refractivity contribution is 5.35. The summed E-state index contributed by atoms with van der Waals surface area (Å²) in [6.07, 6.45) is -2.63. The van der Waals surface area contributed by atoms with Crippen LogP contribution in [-0.2, 0) is 6.18 Å². The van der Waals surface area contributed by atoms with Crippen LogP contribution in [0, 0.1) is 11.6 Å². The van der Waals surface area contributed by atoms with Gasteiger partial charge in [-0.05, 0) is 29.3 Å². The van der Waals surface area contributed by atoms with Gasteiger partial charge in [0.2, 0.25) is 0 Å². The Labute approximate surface area is 116 Å². The lowest BCUT2D eigenvalue weighted by atomic mass is 9.98. The van der Waals surface area contributed by atoms with Crippen LogP contribution in [0.5, 0.6) is 0 Å². The van der Waals surface area contributed by atoms with E-state index in [2.05, 4.69) is 10.4 Å². The zero-order chi connectivity index (χ0) is 15.6. The minimum absolute atomic E-state index is 0.0404. The highest BCUT2D eigenvalue weighted by Crippen LogP contribution is 2.34. The van der Waals surface area contributed by atoms with Crippen LogP contribution in [0.25, 0.3) is 0 Å². The number of alkyl halides is 3. The molecular weight excluding hydrogens is 293 g/mol. The van der Waals surface area contributed by atoms with E-state index in [1.807, 2.05) is 0 Å². The molecule has 1 heterocycles. The minimum atomic E-state index is -4.83. The Bertz CT molecular complexity index is 642. The lowest BCUT2D eigenvalue weighted by Crippen LogP contribution is -2.29. The first kappa shape index (κ1) is 15.3. The van der Waals surface area contributed by atoms with Crippen molar-refractivity contribution in [1.82, 2.24) is 10.4 Å². The summed E-state index contributed by atoms with van der Waals surface area (Å²) in [6, 6.07) is 2.59. The first-order chi connectivity index (χ1) is 9.82. The molecule has 21 heavy (non-hydrogen) atoms. The monoisotopic (exact) mass is 303 g/mol. The summed E-state index contributed by atoms with van der Waals surface area (Å²) in [5, 5.41) is 0. The molecule has 0 spiro atoms. The van der Waals surface area contributed by atoms with E-state index >= 15 is 0 Å². The summed E-state index contributed by atoms with van der Waals surface area (Å²) in [7, 11) is 0. The fourth-order valence-corrected chi connectivity index (χ4v) is 1.91. The molecular formula is C13H10F5N3. The van der Waals surface area contributed by atoms with Crippen molar-refractivity contribution in [2.24, 2.45) is 5.84 Å². The second-order valence-electron chi connectivity index (χ2n) is 4.27. The molecule has 0 bridgehead atoms. The fourth-order valence-electron chi connectivity index (χ4n) is 1.91. The summed E-state index contributed by atoms with van der Waals surface area (Å²) in [5.41, 5.74) is 1.11. The topological polar surface area (TPSA) is 50.9 Å². The predicted octanol–water partition coefficient (Wildman–Crippen LogP) is 2.93. The van der Waals surface area contributed by atoms with Gasteiger partial charge in [0.25, 0.3) is 0 Å². The lowest BCUT2D eigenvalue weighted by Gasteiger charge is -2.18. The van der Waals surface area contributed by atoms with Crippen LogP contribution in [0.3, 0.4) is 0 Å². The summed E-state index contributed by atoms with van der Waals surface area (Å²) in [5.74, 6) is 3.26. The van der Waals surface area contributed by atoms with Gasteiger partial charge in [-0.3, -0.25) is 10.8 Å². The second-order valence-corrected chi connectivity index (χ2v) is 4.27. The Hall–Kier alpha value is -2.06. The van der Waals surface area contributed by atoms with E-state index in [1.54, 1.807) is 0 Å². The lowest BCUT2D eigenvalue weighted by molar-refractivity contribution is -0.140. The van der Waals surface area contributed by atoms with Gasteiger partial charge in [0.05, 0.1) is 17.8 Å². The number of nitrogens with one attached hydrogen (secondary N) is 1. The number of hydrazine groups is 1. The Morgan fingerprint density at radius 3 is 2.33 bits per heavy atom. The smallest absolute Gasteiger partial charge is 0.271 e. The summed E-state index contributed by atoms with van der Waals surface area (Å²) < 4.78 is 64.5. The highest BCUT2D eigenvalue weighted by atomic mass is 19.4. The molecule has 1 atom stereocenters. The van der Waals surface area contributed by atoms with Crippen molar-refractivity contribution in [1.29, 1.82) is 0 Å². The maximum absolute atomic E-state index is 13.3. The van der Waals surface area contributed by atoms with Crippen LogP contribution < -0.4 is 11.3 Å². The molecule has 0 aliphatic carbocycles. The van der Waals surface area contributed by atoms with Gasteiger partial charge < -0.3 is 0 Å². The molecule has 2 aromatic rings. The van der Waals surface area contributed by atoms with Crippen molar-refractivity contribution in [3.63, 3.8) is 0 Å². The molecule has 0 saturated heterocycles. The van der Waals surface area contributed by atoms with Crippen molar-refractivity contribution in [2.75, 3.05) is 0 Å². The average molecular weight is 303 g/mol. The SMILES string of the molecule is NNC(c1cncc(F)c1)c1ccc(F)c(C(F)(F)F)c1. The maximum Gasteiger partial charge on any atom is 0.419 e. The highest BCUT2D eigenvalue weighted by Gasteiger charge is 2.34. The summed E-state index contributed by atoms with van der Waals surface area (Å²) >= 11 is 0. The number of benzene rings is 1. The summed E-state index contributed by atoms with van der Waals surface area (Å²) in [4.78, 5) is 3.60. The molecule has 0 radical (unpaired) electrons. The normalized spacial score (nSPS) is 13.2. The van der Waals surface area contributed by atoms with Gasteiger partial charge in [0.1, 0.15) is 11.6 Å². The van der Waals surface area contributed by atoms with Gasteiger partial charge in [-0.25, -0.2) is 14.2 Å². The number of nitrogens with two attached hydrogens (primary N) is 1. The molecule has 2 rings (SSSR count). The number of aromatic nitrogens is 1. The van der Waals surface area contributed by atoms with Gasteiger partial charge in [-0.2, -0.15) is 13.2 Å². The fraction of sp³-hybridized carbons (Fsp3) is 0.154. The third-order valence-corrected chi connectivity index (χ3v) is 2.86. The molecule has 3 nitrogen and oxygen atoms in total. The molecule has 112 valence electrons. The van der Waals surface area contributed by atoms with Crippen molar-refractivity contribution in [3.8, 4) is 0 Å². The van der Waals surface area contributed by atoms with Gasteiger partial charge in [-0.15, -0.1) is 0 Å². The van der Waals surface area contributed by atoms with E-state index in [1.165, 1.54) is 6.20 Å². The molecule has 0 amide bonds. The largest absolute Gasteiger partial charge is 0.419 e. The number of hydrogen-bond acceptors (Lipinski definition) is 3. The van der Waals surface area contributed by atoms with Gasteiger partial charge in [-0.1, -0.05) is 6.07 Å². The van der Waals surface area contributed by atoms with Crippen LogP contribution in [0.1, 0.15) is 22.7 Å². The van der Waals surface area contributed by atoms with E-state index in [0.717, 1.165) is 18.3 Å². The molecule has 1 aromatic carbocycles. The summed E-state index contributed by atoms with van der Waals surface area (Å²) in [6.45, 7) is 0. The van der Waals surface area contributed by atoms with E-state index in [4.69, 9.17) is 5.84 Å². The second kappa shape index (κ2) is 5.74. The third-order valence-electron chi connectivity index (χ3n) is 2.86. The quantitative estimate of drug-likeness (QED) is 0.521. The van der Waals surface area contributed by atoms with Crippen molar-refractivity contribution >= 4 is 0 Å². The third kappa shape index (κ3) is 3.34. The van der Waals surface area contributed by atoms with E-state index in [0.29, 0.717) is 12.1 Å². The molecule has 0 aliphatic heterocycles. The van der Waals surface area contributed by atoms with Crippen molar-refractivity contribution in [2.45, 2.75) is 12.2 Å². The zero-order valence-electron chi connectivity index (χ0n) is 10.5. The van der Waals surface area contributed by atoms with E-state index < -0.39 is 29.4 Å². The van der Waals surface area contributed by atoms with Crippen LogP contribution in [0.4, 0.5) is 22.0 Å². The molecule has 8 heteroatoms. The molecule has 0 aliphatic rings. The number of rotatable bonds is 3. The van der Waals surface area contributed by atoms with Gasteiger partial charge >= 0.3 is 6.18 Å². The number of hydrogen-bond donors (Lipinski definition) is 2. The van der Waals surface area contributed by atoms with Crippen LogP contribution in [0.2, 0.25) is 0 Å². The number of nitrogens with zero attached hydrogens (tertiary/aromatic N) is 1. The van der Waals surface area contributed by atoms with Crippen LogP contribution >= 0.6 is 0 Å². The first-order valence-corrected chi connectivity index (χ1v) is 5.76. The zero-order valence-corrected chi connectivity index (χ0v) is 10.5. The van der Waals surface area contributed by atoms with E-state index in [9.17, 15) is 22.0 Å². The van der Waals surface area contributed by atoms with Crippen molar-refractivity contribution in [3.05, 3.63) is 65.0 Å². The first-order valence-electron chi connectivity index (χ1n) is 5.76. The Kier molecular flexibility index (Phi) is 4.19. The Morgan fingerprint density at radius 1 is 1.05 bits per heavy atom. The predicted molar refractivity (Wildman–Crippen MR) is 64.8 cm³/mol. The number of halogens is 5. The molecule has 0 saturated carbocycles. The van der Waals surface area contributed by atoms with Gasteiger partial charge in [0, 0.05) is 6.20 Å². The number of pyridine rings is 1. The van der Waals surface area contributed by atoms with E-state index in [-0.39, 0.29) is 11.1 Å².